The summed E-state index contributed by atoms with van der Waals surface area (Å²) in [6.45, 7) is 5.74. The molecule has 0 aromatic rings. The minimum absolute atomic E-state index is 0.716. The van der Waals surface area contributed by atoms with E-state index in [0.29, 0.717) is 6.04 Å². The van der Waals surface area contributed by atoms with Crippen LogP contribution in [0.25, 0.3) is 0 Å². The van der Waals surface area contributed by atoms with Crippen molar-refractivity contribution in [2.24, 2.45) is 0 Å². The highest BCUT2D eigenvalue weighted by Crippen LogP contribution is 2.17. The molecule has 1 rings (SSSR count). The molecule has 0 N–H and O–H groups in total. The maximum atomic E-state index is 2.45. The second-order valence-corrected chi connectivity index (χ2v) is 3.60. The van der Waals surface area contributed by atoms with Gasteiger partial charge in [0.2, 0.25) is 0 Å². The second kappa shape index (κ2) is 3.91. The highest BCUT2D eigenvalue weighted by Gasteiger charge is 2.15. The Bertz CT molecular complexity index is 149. The van der Waals surface area contributed by atoms with Crippen LogP contribution in [0.3, 0.4) is 0 Å². The molecular formula is C10H19N. The fourth-order valence-corrected chi connectivity index (χ4v) is 1.66. The van der Waals surface area contributed by atoms with Crippen LogP contribution in [0.2, 0.25) is 0 Å². The maximum Gasteiger partial charge on any atom is 0.0277 e. The van der Waals surface area contributed by atoms with Crippen molar-refractivity contribution in [2.75, 3.05) is 13.6 Å². The Morgan fingerprint density at radius 3 is 3.00 bits per heavy atom. The molecule has 0 aliphatic carbocycles. The highest BCUT2D eigenvalue weighted by molar-refractivity contribution is 5.08. The van der Waals surface area contributed by atoms with Gasteiger partial charge in [-0.3, -0.25) is 4.90 Å². The fourth-order valence-electron chi connectivity index (χ4n) is 1.66. The summed E-state index contributed by atoms with van der Waals surface area (Å²) in [5.74, 6) is 0. The molecule has 0 fully saturated rings. The van der Waals surface area contributed by atoms with Crippen molar-refractivity contribution in [3.8, 4) is 0 Å². The van der Waals surface area contributed by atoms with E-state index in [2.05, 4.69) is 31.9 Å². The first-order valence-corrected chi connectivity index (χ1v) is 4.61. The Morgan fingerprint density at radius 2 is 2.36 bits per heavy atom. The average Bonchev–Trinajstić information content (AvgIpc) is 1.98. The molecule has 0 amide bonds. The molecule has 1 aliphatic heterocycles. The SMILES string of the molecule is CCCC1C=C(C)CCN1C. The molecule has 1 heterocycles. The fraction of sp³-hybridized carbons (Fsp3) is 0.800. The van der Waals surface area contributed by atoms with Crippen molar-refractivity contribution in [3.63, 3.8) is 0 Å². The van der Waals surface area contributed by atoms with Crippen molar-refractivity contribution < 1.29 is 0 Å². The molecular weight excluding hydrogens is 134 g/mol. The van der Waals surface area contributed by atoms with Crippen molar-refractivity contribution in [1.29, 1.82) is 0 Å². The number of nitrogens with zero attached hydrogens (tertiary/aromatic N) is 1. The third kappa shape index (κ3) is 2.33. The largest absolute Gasteiger partial charge is 0.300 e. The van der Waals surface area contributed by atoms with Crippen LogP contribution in [-0.4, -0.2) is 24.5 Å². The van der Waals surface area contributed by atoms with E-state index in [1.54, 1.807) is 5.57 Å². The minimum Gasteiger partial charge on any atom is -0.300 e. The zero-order valence-corrected chi connectivity index (χ0v) is 7.93. The Hall–Kier alpha value is -0.300. The van der Waals surface area contributed by atoms with Gasteiger partial charge in [0.15, 0.2) is 0 Å². The van der Waals surface area contributed by atoms with Gasteiger partial charge in [0.25, 0.3) is 0 Å². The van der Waals surface area contributed by atoms with E-state index in [1.807, 2.05) is 0 Å². The third-order valence-electron chi connectivity index (χ3n) is 2.49. The van der Waals surface area contributed by atoms with Gasteiger partial charge in [0.1, 0.15) is 0 Å². The van der Waals surface area contributed by atoms with Gasteiger partial charge in [0.05, 0.1) is 0 Å². The van der Waals surface area contributed by atoms with Gasteiger partial charge in [0, 0.05) is 12.6 Å². The van der Waals surface area contributed by atoms with Crippen LogP contribution in [0.5, 0.6) is 0 Å². The summed E-state index contributed by atoms with van der Waals surface area (Å²) in [4.78, 5) is 2.45. The van der Waals surface area contributed by atoms with Crippen LogP contribution in [0.15, 0.2) is 11.6 Å². The Morgan fingerprint density at radius 1 is 1.64 bits per heavy atom. The lowest BCUT2D eigenvalue weighted by molar-refractivity contribution is 0.257. The molecule has 1 aliphatic rings. The van der Waals surface area contributed by atoms with Crippen LogP contribution in [0, 0.1) is 0 Å². The van der Waals surface area contributed by atoms with E-state index >= 15 is 0 Å². The van der Waals surface area contributed by atoms with E-state index in [4.69, 9.17) is 0 Å². The number of rotatable bonds is 2. The first kappa shape index (κ1) is 8.79. The van der Waals surface area contributed by atoms with Crippen LogP contribution >= 0.6 is 0 Å². The first-order valence-electron chi connectivity index (χ1n) is 4.61. The van der Waals surface area contributed by atoms with Gasteiger partial charge in [-0.1, -0.05) is 25.0 Å². The van der Waals surface area contributed by atoms with E-state index < -0.39 is 0 Å². The van der Waals surface area contributed by atoms with Gasteiger partial charge >= 0.3 is 0 Å². The van der Waals surface area contributed by atoms with Crippen LogP contribution in [0.4, 0.5) is 0 Å². The summed E-state index contributed by atoms with van der Waals surface area (Å²) < 4.78 is 0. The predicted molar refractivity (Wildman–Crippen MR) is 49.7 cm³/mol. The normalized spacial score (nSPS) is 26.8. The predicted octanol–water partition coefficient (Wildman–Crippen LogP) is 2.44. The summed E-state index contributed by atoms with van der Waals surface area (Å²) >= 11 is 0. The summed E-state index contributed by atoms with van der Waals surface area (Å²) in [6.07, 6.45) is 6.29. The quantitative estimate of drug-likeness (QED) is 0.551. The van der Waals surface area contributed by atoms with Crippen molar-refractivity contribution in [3.05, 3.63) is 11.6 Å². The lowest BCUT2D eigenvalue weighted by Gasteiger charge is -2.30. The molecule has 0 radical (unpaired) electrons. The Kier molecular flexibility index (Phi) is 3.13. The molecule has 1 atom stereocenters. The van der Waals surface area contributed by atoms with Gasteiger partial charge in [-0.2, -0.15) is 0 Å². The van der Waals surface area contributed by atoms with E-state index in [0.717, 1.165) is 0 Å². The second-order valence-electron chi connectivity index (χ2n) is 3.60. The molecule has 0 saturated heterocycles. The molecule has 0 aromatic heterocycles. The third-order valence-corrected chi connectivity index (χ3v) is 2.49. The number of likely N-dealkylation sites (N-methyl/N-ethyl adjacent to an activating group) is 1. The maximum absolute atomic E-state index is 2.45. The zero-order valence-electron chi connectivity index (χ0n) is 7.93. The van der Waals surface area contributed by atoms with Crippen molar-refractivity contribution in [1.82, 2.24) is 4.90 Å². The summed E-state index contributed by atoms with van der Waals surface area (Å²) in [5, 5.41) is 0. The highest BCUT2D eigenvalue weighted by atomic mass is 15.1. The number of hydrogen-bond acceptors (Lipinski definition) is 1. The van der Waals surface area contributed by atoms with Crippen molar-refractivity contribution >= 4 is 0 Å². The lowest BCUT2D eigenvalue weighted by atomic mass is 10.0. The lowest BCUT2D eigenvalue weighted by Crippen LogP contribution is -2.34. The molecule has 1 heteroatoms. The summed E-state index contributed by atoms with van der Waals surface area (Å²) in [6, 6.07) is 0.716. The number of hydrogen-bond donors (Lipinski definition) is 0. The van der Waals surface area contributed by atoms with Crippen molar-refractivity contribution in [2.45, 2.75) is 39.2 Å². The van der Waals surface area contributed by atoms with Crippen LogP contribution < -0.4 is 0 Å². The Labute approximate surface area is 70.1 Å². The van der Waals surface area contributed by atoms with Gasteiger partial charge < -0.3 is 0 Å². The molecule has 64 valence electrons. The minimum atomic E-state index is 0.716. The standard InChI is InChI=1S/C10H19N/c1-4-5-10-8-9(2)6-7-11(10)3/h8,10H,4-7H2,1-3H3. The van der Waals surface area contributed by atoms with Crippen LogP contribution in [0.1, 0.15) is 33.1 Å². The van der Waals surface area contributed by atoms with E-state index in [9.17, 15) is 0 Å². The molecule has 0 spiro atoms. The molecule has 0 saturated carbocycles. The average molecular weight is 153 g/mol. The Balaban J connectivity index is 2.52. The topological polar surface area (TPSA) is 3.24 Å². The van der Waals surface area contributed by atoms with E-state index in [1.165, 1.54) is 25.8 Å². The van der Waals surface area contributed by atoms with Crippen LogP contribution in [-0.2, 0) is 0 Å². The van der Waals surface area contributed by atoms with Gasteiger partial charge in [-0.05, 0) is 26.8 Å². The first-order chi connectivity index (χ1) is 5.24. The molecule has 0 aromatic carbocycles. The molecule has 1 nitrogen and oxygen atoms in total. The molecule has 1 unspecified atom stereocenters. The summed E-state index contributed by atoms with van der Waals surface area (Å²) in [7, 11) is 2.23. The van der Waals surface area contributed by atoms with E-state index in [-0.39, 0.29) is 0 Å². The smallest absolute Gasteiger partial charge is 0.0277 e. The molecule has 0 bridgehead atoms. The van der Waals surface area contributed by atoms with Gasteiger partial charge in [-0.15, -0.1) is 0 Å². The van der Waals surface area contributed by atoms with Gasteiger partial charge in [-0.25, -0.2) is 0 Å². The monoisotopic (exact) mass is 153 g/mol. The summed E-state index contributed by atoms with van der Waals surface area (Å²) in [5.41, 5.74) is 1.57. The molecule has 11 heavy (non-hydrogen) atoms. The zero-order chi connectivity index (χ0) is 8.27.